The van der Waals surface area contributed by atoms with E-state index in [2.05, 4.69) is 11.4 Å². The van der Waals surface area contributed by atoms with Gasteiger partial charge < -0.3 is 19.7 Å². The number of amides is 2. The number of ether oxygens (including phenoxy) is 2. The molecule has 1 aliphatic carbocycles. The minimum atomic E-state index is -0.107. The summed E-state index contributed by atoms with van der Waals surface area (Å²) in [4.78, 5) is 25.7. The predicted octanol–water partition coefficient (Wildman–Crippen LogP) is 3.17. The Hall–Kier alpha value is -2.50. The molecule has 2 amide bonds. The third-order valence-electron chi connectivity index (χ3n) is 4.76. The SMILES string of the molecule is CC(=O)N(CCC(=O)NCCC1=CCCCC1)c1ccc2c(c1)OCO2. The molecule has 0 radical (unpaired) electrons. The Balaban J connectivity index is 1.48. The molecular weight excluding hydrogens is 332 g/mol. The molecule has 1 heterocycles. The lowest BCUT2D eigenvalue weighted by molar-refractivity contribution is -0.121. The Morgan fingerprint density at radius 1 is 1.19 bits per heavy atom. The van der Waals surface area contributed by atoms with Gasteiger partial charge in [0, 0.05) is 38.2 Å². The van der Waals surface area contributed by atoms with Gasteiger partial charge in [0.25, 0.3) is 0 Å². The van der Waals surface area contributed by atoms with Gasteiger partial charge in [-0.15, -0.1) is 0 Å². The van der Waals surface area contributed by atoms with Crippen LogP contribution in [0.3, 0.4) is 0 Å². The highest BCUT2D eigenvalue weighted by Crippen LogP contribution is 2.35. The second-order valence-electron chi connectivity index (χ2n) is 6.67. The van der Waals surface area contributed by atoms with Crippen LogP contribution in [0.5, 0.6) is 11.5 Å². The minimum Gasteiger partial charge on any atom is -0.454 e. The van der Waals surface area contributed by atoms with Gasteiger partial charge in [0.1, 0.15) is 0 Å². The lowest BCUT2D eigenvalue weighted by Gasteiger charge is -2.21. The average Bonchev–Trinajstić information content (AvgIpc) is 3.10. The molecule has 0 fully saturated rings. The standard InChI is InChI=1S/C20H26N2O4/c1-15(23)22(17-7-8-18-19(13-17)26-14-25-18)12-10-20(24)21-11-9-16-5-3-2-4-6-16/h5,7-8,13H,2-4,6,9-12,14H2,1H3,(H,21,24). The van der Waals surface area contributed by atoms with Crippen molar-refractivity contribution in [3.05, 3.63) is 29.8 Å². The molecule has 0 bridgehead atoms. The molecule has 0 saturated heterocycles. The first-order valence-electron chi connectivity index (χ1n) is 9.26. The van der Waals surface area contributed by atoms with Crippen LogP contribution < -0.4 is 19.7 Å². The number of hydrogen-bond donors (Lipinski definition) is 1. The fourth-order valence-electron chi connectivity index (χ4n) is 3.32. The maximum atomic E-state index is 12.1. The number of rotatable bonds is 7. The van der Waals surface area contributed by atoms with E-state index in [0.29, 0.717) is 30.3 Å². The van der Waals surface area contributed by atoms with Crippen LogP contribution >= 0.6 is 0 Å². The van der Waals surface area contributed by atoms with E-state index in [0.717, 1.165) is 19.3 Å². The van der Waals surface area contributed by atoms with Gasteiger partial charge in [-0.2, -0.15) is 0 Å². The number of benzene rings is 1. The number of carbonyl (C=O) groups excluding carboxylic acids is 2. The fourth-order valence-corrected chi connectivity index (χ4v) is 3.32. The van der Waals surface area contributed by atoms with Crippen LogP contribution in [0.2, 0.25) is 0 Å². The zero-order valence-corrected chi connectivity index (χ0v) is 15.3. The van der Waals surface area contributed by atoms with Crippen molar-refractivity contribution in [1.82, 2.24) is 5.32 Å². The number of allylic oxidation sites excluding steroid dienone is 1. The first-order chi connectivity index (χ1) is 12.6. The van der Waals surface area contributed by atoms with E-state index < -0.39 is 0 Å². The molecule has 2 aliphatic rings. The molecule has 140 valence electrons. The molecule has 1 aromatic carbocycles. The summed E-state index contributed by atoms with van der Waals surface area (Å²) in [6, 6.07) is 5.37. The number of nitrogens with zero attached hydrogens (tertiary/aromatic N) is 1. The summed E-state index contributed by atoms with van der Waals surface area (Å²) in [6.45, 7) is 2.69. The smallest absolute Gasteiger partial charge is 0.231 e. The number of hydrogen-bond acceptors (Lipinski definition) is 4. The average molecular weight is 358 g/mol. The quantitative estimate of drug-likeness (QED) is 0.760. The Labute approximate surface area is 154 Å². The van der Waals surface area contributed by atoms with Crippen molar-refractivity contribution in [2.75, 3.05) is 24.8 Å². The van der Waals surface area contributed by atoms with E-state index in [-0.39, 0.29) is 25.0 Å². The normalized spacial score (nSPS) is 15.3. The Kier molecular flexibility index (Phi) is 6.15. The van der Waals surface area contributed by atoms with Crippen molar-refractivity contribution in [3.8, 4) is 11.5 Å². The van der Waals surface area contributed by atoms with E-state index in [1.54, 1.807) is 17.0 Å². The number of carbonyl (C=O) groups is 2. The summed E-state index contributed by atoms with van der Waals surface area (Å²) in [6.07, 6.45) is 8.33. The molecular formula is C20H26N2O4. The van der Waals surface area contributed by atoms with Crippen LogP contribution in [-0.2, 0) is 9.59 Å². The van der Waals surface area contributed by atoms with Crippen molar-refractivity contribution in [1.29, 1.82) is 0 Å². The largest absolute Gasteiger partial charge is 0.454 e. The molecule has 3 rings (SSSR count). The molecule has 6 heteroatoms. The zero-order chi connectivity index (χ0) is 18.4. The van der Waals surface area contributed by atoms with Crippen LogP contribution in [-0.4, -0.2) is 31.7 Å². The molecule has 0 aromatic heterocycles. The topological polar surface area (TPSA) is 67.9 Å². The van der Waals surface area contributed by atoms with Gasteiger partial charge in [-0.25, -0.2) is 0 Å². The van der Waals surface area contributed by atoms with E-state index in [1.165, 1.54) is 25.3 Å². The highest BCUT2D eigenvalue weighted by atomic mass is 16.7. The van der Waals surface area contributed by atoms with Crippen LogP contribution in [0.15, 0.2) is 29.8 Å². The van der Waals surface area contributed by atoms with Gasteiger partial charge in [-0.1, -0.05) is 11.6 Å². The third-order valence-corrected chi connectivity index (χ3v) is 4.76. The van der Waals surface area contributed by atoms with Crippen LogP contribution in [0.1, 0.15) is 45.4 Å². The van der Waals surface area contributed by atoms with Crippen LogP contribution in [0.4, 0.5) is 5.69 Å². The molecule has 0 spiro atoms. The van der Waals surface area contributed by atoms with E-state index >= 15 is 0 Å². The van der Waals surface area contributed by atoms with Gasteiger partial charge in [0.2, 0.25) is 18.6 Å². The molecule has 1 aromatic rings. The first-order valence-corrected chi connectivity index (χ1v) is 9.26. The van der Waals surface area contributed by atoms with Gasteiger partial charge in [0.15, 0.2) is 11.5 Å². The molecule has 0 unspecified atom stereocenters. The van der Waals surface area contributed by atoms with Crippen LogP contribution in [0, 0.1) is 0 Å². The van der Waals surface area contributed by atoms with Crippen molar-refractivity contribution in [2.24, 2.45) is 0 Å². The molecule has 0 saturated carbocycles. The maximum absolute atomic E-state index is 12.1. The lowest BCUT2D eigenvalue weighted by atomic mass is 9.97. The van der Waals surface area contributed by atoms with Crippen molar-refractivity contribution >= 4 is 17.5 Å². The number of nitrogens with one attached hydrogen (secondary N) is 1. The summed E-state index contributed by atoms with van der Waals surface area (Å²) in [7, 11) is 0. The fraction of sp³-hybridized carbons (Fsp3) is 0.500. The van der Waals surface area contributed by atoms with Crippen LogP contribution in [0.25, 0.3) is 0 Å². The summed E-state index contributed by atoms with van der Waals surface area (Å²) < 4.78 is 10.7. The van der Waals surface area contributed by atoms with Gasteiger partial charge in [-0.3, -0.25) is 9.59 Å². The van der Waals surface area contributed by atoms with Gasteiger partial charge in [0.05, 0.1) is 0 Å². The summed E-state index contributed by atoms with van der Waals surface area (Å²) in [5.74, 6) is 1.16. The van der Waals surface area contributed by atoms with Gasteiger partial charge in [-0.05, 0) is 44.2 Å². The van der Waals surface area contributed by atoms with Crippen molar-refractivity contribution in [3.63, 3.8) is 0 Å². The second-order valence-corrected chi connectivity index (χ2v) is 6.67. The van der Waals surface area contributed by atoms with E-state index in [9.17, 15) is 9.59 Å². The highest BCUT2D eigenvalue weighted by molar-refractivity contribution is 5.92. The third kappa shape index (κ3) is 4.77. The summed E-state index contributed by atoms with van der Waals surface area (Å²) >= 11 is 0. The van der Waals surface area contributed by atoms with Gasteiger partial charge >= 0.3 is 0 Å². The zero-order valence-electron chi connectivity index (χ0n) is 15.3. The maximum Gasteiger partial charge on any atom is 0.231 e. The molecule has 1 N–H and O–H groups in total. The number of anilines is 1. The highest BCUT2D eigenvalue weighted by Gasteiger charge is 2.19. The molecule has 6 nitrogen and oxygen atoms in total. The summed E-state index contributed by atoms with van der Waals surface area (Å²) in [5, 5.41) is 2.95. The second kappa shape index (κ2) is 8.74. The Bertz CT molecular complexity index is 699. The predicted molar refractivity (Wildman–Crippen MR) is 99.4 cm³/mol. The Morgan fingerprint density at radius 2 is 2.04 bits per heavy atom. The molecule has 0 atom stereocenters. The minimum absolute atomic E-state index is 0.0339. The molecule has 26 heavy (non-hydrogen) atoms. The molecule has 1 aliphatic heterocycles. The van der Waals surface area contributed by atoms with Crippen molar-refractivity contribution in [2.45, 2.75) is 45.4 Å². The van der Waals surface area contributed by atoms with Crippen molar-refractivity contribution < 1.29 is 19.1 Å². The lowest BCUT2D eigenvalue weighted by Crippen LogP contribution is -2.34. The van der Waals surface area contributed by atoms with E-state index in [1.807, 2.05) is 6.07 Å². The Morgan fingerprint density at radius 3 is 2.81 bits per heavy atom. The van der Waals surface area contributed by atoms with E-state index in [4.69, 9.17) is 9.47 Å². The summed E-state index contributed by atoms with van der Waals surface area (Å²) in [5.41, 5.74) is 2.16. The first kappa shape index (κ1) is 18.3. The number of fused-ring (bicyclic) bond motifs is 1. The monoisotopic (exact) mass is 358 g/mol.